The summed E-state index contributed by atoms with van der Waals surface area (Å²) >= 11 is 0. The van der Waals surface area contributed by atoms with Crippen LogP contribution in [0, 0.1) is 0 Å². The third kappa shape index (κ3) is 4.53. The quantitative estimate of drug-likeness (QED) is 0.202. The Hall–Kier alpha value is -5.40. The van der Waals surface area contributed by atoms with Gasteiger partial charge in [0.25, 0.3) is 0 Å². The smallest absolute Gasteiger partial charge is 0.0726 e. The summed E-state index contributed by atoms with van der Waals surface area (Å²) in [5, 5.41) is 6.34. The van der Waals surface area contributed by atoms with Gasteiger partial charge < -0.3 is 5.32 Å². The number of rotatable bonds is 3. The molecule has 1 N–H and O–H groups in total. The normalized spacial score (nSPS) is 14.0. The van der Waals surface area contributed by atoms with Crippen LogP contribution in [-0.2, 0) is 16.2 Å². The first-order valence-electron chi connectivity index (χ1n) is 17.9. The molecule has 0 heterocycles. The molecule has 0 unspecified atom stereocenters. The molecule has 0 atom stereocenters. The molecule has 2 aliphatic carbocycles. The van der Waals surface area contributed by atoms with Crippen LogP contribution in [0.5, 0.6) is 0 Å². The average Bonchev–Trinajstić information content (AvgIpc) is 3.57. The Kier molecular flexibility index (Phi) is 6.62. The van der Waals surface area contributed by atoms with Crippen molar-refractivity contribution in [3.8, 4) is 33.4 Å². The monoisotopic (exact) mass is 645 g/mol. The number of fused-ring (bicyclic) bond motifs is 11. The molecule has 0 aromatic heterocycles. The fourth-order valence-corrected chi connectivity index (χ4v) is 8.57. The maximum atomic E-state index is 3.80. The van der Waals surface area contributed by atoms with Crippen LogP contribution in [0.25, 0.3) is 44.2 Å². The molecule has 0 radical (unpaired) electrons. The Balaban J connectivity index is 1.21. The highest BCUT2D eigenvalue weighted by Crippen LogP contribution is 2.63. The van der Waals surface area contributed by atoms with Gasteiger partial charge in [-0.3, -0.25) is 0 Å². The lowest BCUT2D eigenvalue weighted by atomic mass is 9.68. The lowest BCUT2D eigenvalue weighted by molar-refractivity contribution is 0.586. The third-order valence-electron chi connectivity index (χ3n) is 11.2. The van der Waals surface area contributed by atoms with E-state index >= 15 is 0 Å². The predicted molar refractivity (Wildman–Crippen MR) is 213 cm³/mol. The summed E-state index contributed by atoms with van der Waals surface area (Å²) in [5.41, 5.74) is 17.9. The van der Waals surface area contributed by atoms with Gasteiger partial charge in [0.1, 0.15) is 0 Å². The lowest BCUT2D eigenvalue weighted by Gasteiger charge is -2.33. The standard InChI is InChI=1S/C49H43N/c1-47(2,3)33-20-25-40-41-26-21-34(48(4,5)6)29-45(41)49(44(40)28-33)43-17-10-9-15-39(43)42-27-24-36(30-46(42)49)50-35-22-18-32(19-23-35)38-16-11-13-31-12-7-8-14-37(31)38/h7-30,50H,1-6H3. The van der Waals surface area contributed by atoms with Gasteiger partial charge in [0.2, 0.25) is 0 Å². The van der Waals surface area contributed by atoms with E-state index in [9.17, 15) is 0 Å². The summed E-state index contributed by atoms with van der Waals surface area (Å²) in [7, 11) is 0. The second kappa shape index (κ2) is 10.8. The Labute approximate surface area is 296 Å². The fraction of sp³-hybridized carbons (Fsp3) is 0.184. The van der Waals surface area contributed by atoms with Crippen molar-refractivity contribution >= 4 is 22.1 Å². The molecule has 0 fully saturated rings. The van der Waals surface area contributed by atoms with Crippen LogP contribution in [0.15, 0.2) is 146 Å². The average molecular weight is 646 g/mol. The van der Waals surface area contributed by atoms with Gasteiger partial charge in [-0.15, -0.1) is 0 Å². The Bertz CT molecular complexity index is 2400. The van der Waals surface area contributed by atoms with Gasteiger partial charge in [0.15, 0.2) is 0 Å². The van der Waals surface area contributed by atoms with Crippen LogP contribution in [-0.4, -0.2) is 0 Å². The minimum absolute atomic E-state index is 0.0319. The van der Waals surface area contributed by atoms with E-state index < -0.39 is 5.41 Å². The van der Waals surface area contributed by atoms with Crippen molar-refractivity contribution in [1.29, 1.82) is 0 Å². The van der Waals surface area contributed by atoms with Crippen LogP contribution in [0.2, 0.25) is 0 Å². The summed E-state index contributed by atoms with van der Waals surface area (Å²) in [4.78, 5) is 0. The van der Waals surface area contributed by atoms with E-state index in [1.807, 2.05) is 0 Å². The Morgan fingerprint density at radius 1 is 0.400 bits per heavy atom. The van der Waals surface area contributed by atoms with Crippen LogP contribution >= 0.6 is 0 Å². The molecule has 0 saturated heterocycles. The van der Waals surface area contributed by atoms with Gasteiger partial charge in [-0.1, -0.05) is 163 Å². The van der Waals surface area contributed by atoms with Gasteiger partial charge in [-0.05, 0) is 113 Å². The predicted octanol–water partition coefficient (Wildman–Crippen LogP) is 13.2. The van der Waals surface area contributed by atoms with E-state index in [4.69, 9.17) is 0 Å². The van der Waals surface area contributed by atoms with E-state index in [-0.39, 0.29) is 10.8 Å². The molecular weight excluding hydrogens is 603 g/mol. The van der Waals surface area contributed by atoms with E-state index in [1.165, 1.54) is 77.5 Å². The molecule has 1 nitrogen and oxygen atoms in total. The molecule has 1 heteroatoms. The van der Waals surface area contributed by atoms with Crippen LogP contribution < -0.4 is 5.32 Å². The van der Waals surface area contributed by atoms with Crippen LogP contribution in [0.3, 0.4) is 0 Å². The number of nitrogens with one attached hydrogen (secondary N) is 1. The number of hydrogen-bond donors (Lipinski definition) is 1. The Morgan fingerprint density at radius 2 is 0.900 bits per heavy atom. The number of benzene rings is 7. The minimum atomic E-state index is -0.408. The minimum Gasteiger partial charge on any atom is -0.356 e. The van der Waals surface area contributed by atoms with Gasteiger partial charge in [0, 0.05) is 11.4 Å². The first kappa shape index (κ1) is 30.6. The summed E-state index contributed by atoms with van der Waals surface area (Å²) in [6, 6.07) is 54.7. The fourth-order valence-electron chi connectivity index (χ4n) is 8.57. The van der Waals surface area contributed by atoms with Gasteiger partial charge >= 0.3 is 0 Å². The molecule has 9 rings (SSSR count). The van der Waals surface area contributed by atoms with Crippen molar-refractivity contribution in [2.45, 2.75) is 57.8 Å². The van der Waals surface area contributed by atoms with Gasteiger partial charge in [0.05, 0.1) is 5.41 Å². The summed E-state index contributed by atoms with van der Waals surface area (Å²) < 4.78 is 0. The molecule has 1 spiro atoms. The second-order valence-corrected chi connectivity index (χ2v) is 16.3. The SMILES string of the molecule is CC(C)(C)c1ccc2c(c1)C1(c3ccccc3-c3ccc(Nc4ccc(-c5cccc6ccccc56)cc4)cc31)c1cc(C(C)(C)C)ccc1-2. The van der Waals surface area contributed by atoms with Crippen LogP contribution in [0.1, 0.15) is 74.9 Å². The highest BCUT2D eigenvalue weighted by Gasteiger charge is 2.52. The van der Waals surface area contributed by atoms with E-state index in [1.54, 1.807) is 0 Å². The zero-order valence-corrected chi connectivity index (χ0v) is 29.9. The molecule has 7 aromatic carbocycles. The van der Waals surface area contributed by atoms with Gasteiger partial charge in [-0.25, -0.2) is 0 Å². The largest absolute Gasteiger partial charge is 0.356 e. The molecule has 0 amide bonds. The molecule has 0 bridgehead atoms. The highest BCUT2D eigenvalue weighted by atomic mass is 14.9. The van der Waals surface area contributed by atoms with Crippen molar-refractivity contribution in [3.63, 3.8) is 0 Å². The van der Waals surface area contributed by atoms with Crippen molar-refractivity contribution in [1.82, 2.24) is 0 Å². The number of anilines is 2. The molecule has 2 aliphatic rings. The van der Waals surface area contributed by atoms with Crippen molar-refractivity contribution in [2.75, 3.05) is 5.32 Å². The summed E-state index contributed by atoms with van der Waals surface area (Å²) in [6.45, 7) is 13.9. The topological polar surface area (TPSA) is 12.0 Å². The van der Waals surface area contributed by atoms with Crippen LogP contribution in [0.4, 0.5) is 11.4 Å². The molecule has 50 heavy (non-hydrogen) atoms. The molecule has 244 valence electrons. The summed E-state index contributed by atoms with van der Waals surface area (Å²) in [6.07, 6.45) is 0. The van der Waals surface area contributed by atoms with E-state index in [2.05, 4.69) is 192 Å². The zero-order chi connectivity index (χ0) is 34.4. The van der Waals surface area contributed by atoms with Crippen molar-refractivity contribution in [3.05, 3.63) is 179 Å². The highest BCUT2D eigenvalue weighted by molar-refractivity contribution is 5.98. The third-order valence-corrected chi connectivity index (χ3v) is 11.2. The first-order chi connectivity index (χ1) is 24.0. The van der Waals surface area contributed by atoms with Crippen molar-refractivity contribution < 1.29 is 0 Å². The lowest BCUT2D eigenvalue weighted by Crippen LogP contribution is -2.27. The number of hydrogen-bond acceptors (Lipinski definition) is 1. The molecular formula is C49H43N. The Morgan fingerprint density at radius 3 is 1.56 bits per heavy atom. The van der Waals surface area contributed by atoms with E-state index in [0.29, 0.717) is 0 Å². The van der Waals surface area contributed by atoms with E-state index in [0.717, 1.165) is 11.4 Å². The summed E-state index contributed by atoms with van der Waals surface area (Å²) in [5.74, 6) is 0. The molecule has 7 aromatic rings. The second-order valence-electron chi connectivity index (χ2n) is 16.3. The molecule has 0 aliphatic heterocycles. The molecule has 0 saturated carbocycles. The maximum Gasteiger partial charge on any atom is 0.0726 e. The van der Waals surface area contributed by atoms with Gasteiger partial charge in [-0.2, -0.15) is 0 Å². The van der Waals surface area contributed by atoms with Crippen molar-refractivity contribution in [2.24, 2.45) is 0 Å². The maximum absolute atomic E-state index is 3.80. The zero-order valence-electron chi connectivity index (χ0n) is 29.9. The first-order valence-corrected chi connectivity index (χ1v) is 17.9.